The molecular formula is C8H7BrN4. The molecule has 0 aromatic carbocycles. The highest BCUT2D eigenvalue weighted by Crippen LogP contribution is 2.18. The van der Waals surface area contributed by atoms with E-state index >= 15 is 0 Å². The standard InChI is InChI=1S/C8H7BrN4/c9-8-4-7(6(10)5-11-8)13-3-1-2-12-13/h1-5H,10H2. The van der Waals surface area contributed by atoms with Gasteiger partial charge in [-0.25, -0.2) is 9.67 Å². The third-order valence-electron chi connectivity index (χ3n) is 1.63. The molecule has 0 fully saturated rings. The number of rotatable bonds is 1. The van der Waals surface area contributed by atoms with Crippen molar-refractivity contribution < 1.29 is 0 Å². The van der Waals surface area contributed by atoms with E-state index in [9.17, 15) is 0 Å². The molecule has 0 aliphatic heterocycles. The molecule has 0 aliphatic rings. The second-order valence-electron chi connectivity index (χ2n) is 2.52. The van der Waals surface area contributed by atoms with Gasteiger partial charge in [-0.15, -0.1) is 0 Å². The topological polar surface area (TPSA) is 56.7 Å². The first-order valence-corrected chi connectivity index (χ1v) is 4.48. The zero-order chi connectivity index (χ0) is 9.26. The molecule has 0 saturated carbocycles. The van der Waals surface area contributed by atoms with Crippen LogP contribution in [0.1, 0.15) is 0 Å². The van der Waals surface area contributed by atoms with E-state index in [1.54, 1.807) is 17.1 Å². The van der Waals surface area contributed by atoms with E-state index in [-0.39, 0.29) is 0 Å². The first-order chi connectivity index (χ1) is 6.27. The summed E-state index contributed by atoms with van der Waals surface area (Å²) >= 11 is 3.27. The number of hydrogen-bond acceptors (Lipinski definition) is 3. The van der Waals surface area contributed by atoms with Crippen LogP contribution in [-0.2, 0) is 0 Å². The molecule has 2 aromatic rings. The Kier molecular flexibility index (Phi) is 2.02. The van der Waals surface area contributed by atoms with Gasteiger partial charge in [0.1, 0.15) is 4.60 Å². The summed E-state index contributed by atoms with van der Waals surface area (Å²) in [7, 11) is 0. The van der Waals surface area contributed by atoms with Crippen molar-refractivity contribution in [2.45, 2.75) is 0 Å². The minimum absolute atomic E-state index is 0.604. The Balaban J connectivity index is 2.57. The minimum Gasteiger partial charge on any atom is -0.396 e. The smallest absolute Gasteiger partial charge is 0.108 e. The van der Waals surface area contributed by atoms with Crippen molar-refractivity contribution in [3.05, 3.63) is 35.3 Å². The molecule has 4 nitrogen and oxygen atoms in total. The van der Waals surface area contributed by atoms with Crippen LogP contribution in [0.4, 0.5) is 5.69 Å². The van der Waals surface area contributed by atoms with Gasteiger partial charge in [0, 0.05) is 12.4 Å². The zero-order valence-corrected chi connectivity index (χ0v) is 8.27. The summed E-state index contributed by atoms with van der Waals surface area (Å²) in [6.07, 6.45) is 5.13. The quantitative estimate of drug-likeness (QED) is 0.769. The van der Waals surface area contributed by atoms with Gasteiger partial charge < -0.3 is 5.73 Å². The molecule has 0 aliphatic carbocycles. The highest BCUT2D eigenvalue weighted by atomic mass is 79.9. The molecule has 0 amide bonds. The summed E-state index contributed by atoms with van der Waals surface area (Å²) in [6.45, 7) is 0. The fourth-order valence-electron chi connectivity index (χ4n) is 1.04. The van der Waals surface area contributed by atoms with Crippen LogP contribution in [0.3, 0.4) is 0 Å². The molecule has 13 heavy (non-hydrogen) atoms. The maximum Gasteiger partial charge on any atom is 0.108 e. The maximum absolute atomic E-state index is 5.74. The van der Waals surface area contributed by atoms with Gasteiger partial charge in [0.25, 0.3) is 0 Å². The van der Waals surface area contributed by atoms with Gasteiger partial charge in [-0.1, -0.05) is 0 Å². The first-order valence-electron chi connectivity index (χ1n) is 3.68. The Bertz CT molecular complexity index is 410. The zero-order valence-electron chi connectivity index (χ0n) is 6.68. The average molecular weight is 239 g/mol. The lowest BCUT2D eigenvalue weighted by Gasteiger charge is -2.04. The number of nitrogen functional groups attached to an aromatic ring is 1. The Labute approximate surface area is 83.5 Å². The Morgan fingerprint density at radius 3 is 3.00 bits per heavy atom. The van der Waals surface area contributed by atoms with E-state index in [2.05, 4.69) is 26.0 Å². The molecule has 0 bridgehead atoms. The molecule has 5 heteroatoms. The van der Waals surface area contributed by atoms with Gasteiger partial charge in [0.05, 0.1) is 17.6 Å². The molecule has 66 valence electrons. The SMILES string of the molecule is Nc1cnc(Br)cc1-n1cccn1. The third kappa shape index (κ3) is 1.55. The molecule has 0 saturated heterocycles. The molecule has 0 atom stereocenters. The molecule has 2 heterocycles. The van der Waals surface area contributed by atoms with Crippen molar-refractivity contribution in [2.24, 2.45) is 0 Å². The molecule has 0 radical (unpaired) electrons. The van der Waals surface area contributed by atoms with Gasteiger partial charge >= 0.3 is 0 Å². The van der Waals surface area contributed by atoms with Crippen molar-refractivity contribution in [1.82, 2.24) is 14.8 Å². The number of nitrogens with two attached hydrogens (primary N) is 1. The van der Waals surface area contributed by atoms with Crippen LogP contribution in [0.5, 0.6) is 0 Å². The van der Waals surface area contributed by atoms with Crippen LogP contribution in [0, 0.1) is 0 Å². The van der Waals surface area contributed by atoms with Crippen LogP contribution in [0.25, 0.3) is 5.69 Å². The average Bonchev–Trinajstić information content (AvgIpc) is 2.61. The van der Waals surface area contributed by atoms with E-state index < -0.39 is 0 Å². The van der Waals surface area contributed by atoms with E-state index in [4.69, 9.17) is 5.73 Å². The van der Waals surface area contributed by atoms with Crippen molar-refractivity contribution in [3.8, 4) is 5.69 Å². The molecule has 2 N–H and O–H groups in total. The van der Waals surface area contributed by atoms with Gasteiger partial charge in [-0.05, 0) is 28.1 Å². The van der Waals surface area contributed by atoms with Crippen LogP contribution in [-0.4, -0.2) is 14.8 Å². The molecule has 2 aromatic heterocycles. The predicted octanol–water partition coefficient (Wildman–Crippen LogP) is 1.61. The first kappa shape index (κ1) is 8.25. The lowest BCUT2D eigenvalue weighted by atomic mass is 10.3. The van der Waals surface area contributed by atoms with Crippen LogP contribution >= 0.6 is 15.9 Å². The monoisotopic (exact) mass is 238 g/mol. The van der Waals surface area contributed by atoms with Gasteiger partial charge in [0.15, 0.2) is 0 Å². The van der Waals surface area contributed by atoms with Gasteiger partial charge in [-0.2, -0.15) is 5.10 Å². The number of nitrogens with zero attached hydrogens (tertiary/aromatic N) is 3. The van der Waals surface area contributed by atoms with Gasteiger partial charge in [-0.3, -0.25) is 0 Å². The summed E-state index contributed by atoms with van der Waals surface area (Å²) < 4.78 is 2.44. The number of halogens is 1. The summed E-state index contributed by atoms with van der Waals surface area (Å²) in [5, 5.41) is 4.08. The Morgan fingerprint density at radius 1 is 1.46 bits per heavy atom. The van der Waals surface area contributed by atoms with Gasteiger partial charge in [0.2, 0.25) is 0 Å². The normalized spacial score (nSPS) is 10.2. The lowest BCUT2D eigenvalue weighted by Crippen LogP contribution is -2.00. The lowest BCUT2D eigenvalue weighted by molar-refractivity contribution is 0.879. The minimum atomic E-state index is 0.604. The van der Waals surface area contributed by atoms with Crippen LogP contribution in [0.15, 0.2) is 35.3 Å². The second-order valence-corrected chi connectivity index (χ2v) is 3.33. The summed E-state index contributed by atoms with van der Waals surface area (Å²) in [4.78, 5) is 4.00. The van der Waals surface area contributed by atoms with Crippen molar-refractivity contribution in [1.29, 1.82) is 0 Å². The maximum atomic E-state index is 5.74. The van der Waals surface area contributed by atoms with Crippen molar-refractivity contribution in [2.75, 3.05) is 5.73 Å². The fraction of sp³-hybridized carbons (Fsp3) is 0. The van der Waals surface area contributed by atoms with E-state index in [1.807, 2.05) is 18.3 Å². The number of hydrogen-bond donors (Lipinski definition) is 1. The van der Waals surface area contributed by atoms with E-state index in [1.165, 1.54) is 0 Å². The fourth-order valence-corrected chi connectivity index (χ4v) is 1.36. The summed E-state index contributed by atoms with van der Waals surface area (Å²) in [5.41, 5.74) is 7.17. The van der Waals surface area contributed by atoms with Crippen LogP contribution in [0.2, 0.25) is 0 Å². The summed E-state index contributed by atoms with van der Waals surface area (Å²) in [5.74, 6) is 0. The predicted molar refractivity (Wildman–Crippen MR) is 53.5 cm³/mol. The molecule has 0 unspecified atom stereocenters. The number of aromatic nitrogens is 3. The molecular weight excluding hydrogens is 232 g/mol. The van der Waals surface area contributed by atoms with Crippen molar-refractivity contribution in [3.63, 3.8) is 0 Å². The van der Waals surface area contributed by atoms with E-state index in [0.717, 1.165) is 10.3 Å². The van der Waals surface area contributed by atoms with Crippen molar-refractivity contribution >= 4 is 21.6 Å². The highest BCUT2D eigenvalue weighted by Gasteiger charge is 2.02. The van der Waals surface area contributed by atoms with Crippen LogP contribution < -0.4 is 5.73 Å². The molecule has 0 spiro atoms. The Hall–Kier alpha value is -1.36. The number of pyridine rings is 1. The highest BCUT2D eigenvalue weighted by molar-refractivity contribution is 9.10. The van der Waals surface area contributed by atoms with E-state index in [0.29, 0.717) is 5.69 Å². The second kappa shape index (κ2) is 3.18. The Morgan fingerprint density at radius 2 is 2.31 bits per heavy atom. The third-order valence-corrected chi connectivity index (χ3v) is 2.06. The largest absolute Gasteiger partial charge is 0.396 e. The molecule has 2 rings (SSSR count). The number of anilines is 1. The summed E-state index contributed by atoms with van der Waals surface area (Å²) in [6, 6.07) is 3.66.